The Bertz CT molecular complexity index is 1470. The summed E-state index contributed by atoms with van der Waals surface area (Å²) in [5.74, 6) is 0.937. The van der Waals surface area contributed by atoms with Gasteiger partial charge in [0, 0.05) is 52.0 Å². The molecule has 0 saturated heterocycles. The number of carbonyl (C=O) groups is 2. The third kappa shape index (κ3) is 11.7. The molecule has 6 N–H and O–H groups in total. The molecule has 2 heterocycles. The van der Waals surface area contributed by atoms with E-state index in [2.05, 4.69) is 46.5 Å². The number of urea groups is 2. The van der Waals surface area contributed by atoms with Crippen LogP contribution in [-0.2, 0) is 0 Å². The monoisotopic (exact) mass is 631 g/mol. The van der Waals surface area contributed by atoms with Crippen molar-refractivity contribution in [3.63, 3.8) is 0 Å². The van der Waals surface area contributed by atoms with Crippen molar-refractivity contribution < 1.29 is 14.7 Å². The van der Waals surface area contributed by atoms with Crippen molar-refractivity contribution in [2.45, 2.75) is 20.3 Å². The Labute approximate surface area is 257 Å². The van der Waals surface area contributed by atoms with E-state index in [4.69, 9.17) is 39.9 Å². The van der Waals surface area contributed by atoms with Gasteiger partial charge in [-0.05, 0) is 74.9 Å². The highest BCUT2D eigenvalue weighted by atomic mass is 35.5. The average molecular weight is 633 g/mol. The van der Waals surface area contributed by atoms with Gasteiger partial charge in [0.05, 0.1) is 0 Å². The van der Waals surface area contributed by atoms with Gasteiger partial charge in [0.1, 0.15) is 11.0 Å². The second-order valence-corrected chi connectivity index (χ2v) is 9.81. The van der Waals surface area contributed by atoms with Gasteiger partial charge in [0.15, 0.2) is 0 Å². The molecule has 0 radical (unpaired) electrons. The summed E-state index contributed by atoms with van der Waals surface area (Å²) in [5.41, 5.74) is 2.61. The lowest BCUT2D eigenvalue weighted by Gasteiger charge is -2.10. The first-order valence-electron chi connectivity index (χ1n) is 12.5. The first kappa shape index (κ1) is 32.3. The maximum absolute atomic E-state index is 12.0. The number of aryl methyl sites for hydroxylation is 2. The molecule has 4 aromatic rings. The number of aliphatic hydroxyl groups excluding tert-OH is 1. The molecule has 0 aliphatic carbocycles. The van der Waals surface area contributed by atoms with Crippen molar-refractivity contribution in [2.75, 3.05) is 39.7 Å². The molecular weight excluding hydrogens is 605 g/mol. The highest BCUT2D eigenvalue weighted by Crippen LogP contribution is 2.16. The van der Waals surface area contributed by atoms with E-state index in [0.717, 1.165) is 0 Å². The number of hydrogen-bond donors (Lipinski definition) is 6. The van der Waals surface area contributed by atoms with E-state index < -0.39 is 12.1 Å². The summed E-state index contributed by atoms with van der Waals surface area (Å²) in [6, 6.07) is 16.0. The molecule has 0 spiro atoms. The number of halogens is 3. The fourth-order valence-corrected chi connectivity index (χ4v) is 3.68. The maximum Gasteiger partial charge on any atom is 0.326 e. The molecule has 0 fully saturated rings. The minimum atomic E-state index is -0.455. The molecule has 0 bridgehead atoms. The number of benzene rings is 2. The van der Waals surface area contributed by atoms with Crippen molar-refractivity contribution in [3.05, 3.63) is 87.2 Å². The fraction of sp³-hybridized carbons (Fsp3) is 0.185. The molecule has 42 heavy (non-hydrogen) atoms. The van der Waals surface area contributed by atoms with Crippen LogP contribution in [0.15, 0.2) is 60.7 Å². The highest BCUT2D eigenvalue weighted by molar-refractivity contribution is 6.31. The van der Waals surface area contributed by atoms with Crippen LogP contribution in [0.1, 0.15) is 17.8 Å². The second kappa shape index (κ2) is 16.3. The van der Waals surface area contributed by atoms with E-state index in [1.54, 1.807) is 74.5 Å². The number of amides is 4. The first-order chi connectivity index (χ1) is 20.1. The number of aromatic nitrogens is 4. The molecule has 4 amide bonds. The minimum absolute atomic E-state index is 0.103. The molecule has 12 nitrogen and oxygen atoms in total. The van der Waals surface area contributed by atoms with E-state index >= 15 is 0 Å². The van der Waals surface area contributed by atoms with Crippen LogP contribution in [0.2, 0.25) is 15.2 Å². The van der Waals surface area contributed by atoms with Crippen molar-refractivity contribution >= 4 is 76.0 Å². The van der Waals surface area contributed by atoms with E-state index in [1.807, 2.05) is 0 Å². The average Bonchev–Trinajstić information content (AvgIpc) is 2.91. The van der Waals surface area contributed by atoms with Crippen molar-refractivity contribution in [3.8, 4) is 0 Å². The molecule has 2 aromatic carbocycles. The zero-order valence-electron chi connectivity index (χ0n) is 22.6. The Kier molecular flexibility index (Phi) is 12.5. The molecule has 2 aromatic heterocycles. The quantitative estimate of drug-likeness (QED) is 0.0932. The van der Waals surface area contributed by atoms with Crippen molar-refractivity contribution in [2.24, 2.45) is 0 Å². The number of aliphatic hydroxyl groups is 1. The topological polar surface area (TPSA) is 166 Å². The molecule has 0 unspecified atom stereocenters. The van der Waals surface area contributed by atoms with Gasteiger partial charge in [-0.3, -0.25) is 10.6 Å². The summed E-state index contributed by atoms with van der Waals surface area (Å²) in [5, 5.41) is 23.7. The van der Waals surface area contributed by atoms with E-state index in [-0.39, 0.29) is 23.7 Å². The Morgan fingerprint density at radius 1 is 0.690 bits per heavy atom. The number of anilines is 5. The molecule has 0 saturated carbocycles. The largest absolute Gasteiger partial charge is 0.396 e. The molecule has 4 rings (SSSR count). The van der Waals surface area contributed by atoms with Crippen LogP contribution in [0.3, 0.4) is 0 Å². The van der Waals surface area contributed by atoms with Crippen LogP contribution in [0.25, 0.3) is 0 Å². The summed E-state index contributed by atoms with van der Waals surface area (Å²) in [6.45, 7) is 4.26. The summed E-state index contributed by atoms with van der Waals surface area (Å²) >= 11 is 17.3. The summed E-state index contributed by atoms with van der Waals surface area (Å²) in [6.07, 6.45) is 0.614. The predicted octanol–water partition coefficient (Wildman–Crippen LogP) is 6.61. The van der Waals surface area contributed by atoms with Crippen molar-refractivity contribution in [1.82, 2.24) is 19.9 Å². The normalized spacial score (nSPS) is 10.1. The van der Waals surface area contributed by atoms with Gasteiger partial charge in [0.25, 0.3) is 0 Å². The Balaban J connectivity index is 0.000000235. The molecule has 15 heteroatoms. The van der Waals surface area contributed by atoms with Gasteiger partial charge < -0.3 is 21.1 Å². The number of nitrogens with one attached hydrogen (secondary N) is 5. The van der Waals surface area contributed by atoms with Crippen LogP contribution in [0.5, 0.6) is 0 Å². The number of rotatable bonds is 8. The number of carbonyl (C=O) groups excluding carboxylic acids is 2. The number of nitrogens with zero attached hydrogens (tertiary/aromatic N) is 4. The van der Waals surface area contributed by atoms with Crippen LogP contribution < -0.4 is 26.6 Å². The van der Waals surface area contributed by atoms with Crippen LogP contribution in [0.4, 0.5) is 38.7 Å². The lowest BCUT2D eigenvalue weighted by molar-refractivity contribution is 0.261. The summed E-state index contributed by atoms with van der Waals surface area (Å²) < 4.78 is 0. The van der Waals surface area contributed by atoms with Gasteiger partial charge in [-0.2, -0.15) is 4.98 Å². The maximum atomic E-state index is 12.0. The van der Waals surface area contributed by atoms with E-state index in [1.165, 1.54) is 0 Å². The molecule has 0 aliphatic rings. The predicted molar refractivity (Wildman–Crippen MR) is 167 cm³/mol. The minimum Gasteiger partial charge on any atom is -0.396 e. The molecule has 0 aliphatic heterocycles. The van der Waals surface area contributed by atoms with Crippen LogP contribution in [0, 0.1) is 13.8 Å². The van der Waals surface area contributed by atoms with Gasteiger partial charge in [-0.1, -0.05) is 34.8 Å². The number of hydrogen-bond acceptors (Lipinski definition) is 8. The fourth-order valence-electron chi connectivity index (χ4n) is 3.19. The third-order valence-corrected chi connectivity index (χ3v) is 5.67. The van der Waals surface area contributed by atoms with Crippen LogP contribution in [-0.4, -0.2) is 50.3 Å². The third-order valence-electron chi connectivity index (χ3n) is 4.97. The molecule has 220 valence electrons. The smallest absolute Gasteiger partial charge is 0.326 e. The second-order valence-electron chi connectivity index (χ2n) is 8.55. The van der Waals surface area contributed by atoms with Crippen molar-refractivity contribution in [1.29, 1.82) is 0 Å². The zero-order valence-corrected chi connectivity index (χ0v) is 24.8. The van der Waals surface area contributed by atoms with E-state index in [0.29, 0.717) is 51.6 Å². The lowest BCUT2D eigenvalue weighted by Crippen LogP contribution is -2.21. The molecular formula is C27H28Cl3N9O3. The SMILES string of the molecule is Cc1cc(Cl)nc(NC(=O)Nc2ccc(Cl)cc2)n1.Cc1cc(NCCCO)nc(NC(=O)Nc2ccc(Cl)cc2)n1. The Morgan fingerprint density at radius 2 is 1.17 bits per heavy atom. The summed E-state index contributed by atoms with van der Waals surface area (Å²) in [4.78, 5) is 40.0. The highest BCUT2D eigenvalue weighted by Gasteiger charge is 2.08. The Morgan fingerprint density at radius 3 is 1.64 bits per heavy atom. The zero-order chi connectivity index (χ0) is 30.5. The van der Waals surface area contributed by atoms with Gasteiger partial charge in [0.2, 0.25) is 11.9 Å². The van der Waals surface area contributed by atoms with E-state index in [9.17, 15) is 9.59 Å². The first-order valence-corrected chi connectivity index (χ1v) is 13.6. The standard InChI is InChI=1S/C15H18ClN5O2.C12H10Cl2N4O/c1-10-9-13(17-7-2-8-22)20-14(18-10)21-15(23)19-12-5-3-11(16)4-6-12;1-7-6-10(14)17-11(15-7)18-12(19)16-9-4-2-8(13)3-5-9/h3-6,9,22H,2,7-8H2,1H3,(H3,17,18,19,20,21,23);2-6H,1H3,(H2,15,16,17,18,19). The lowest BCUT2D eigenvalue weighted by atomic mass is 10.3. The van der Waals surface area contributed by atoms with Gasteiger partial charge >= 0.3 is 12.1 Å². The summed E-state index contributed by atoms with van der Waals surface area (Å²) in [7, 11) is 0. The van der Waals surface area contributed by atoms with Gasteiger partial charge in [-0.15, -0.1) is 0 Å². The van der Waals surface area contributed by atoms with Crippen LogP contribution >= 0.6 is 34.8 Å². The Hall–Kier alpha value is -4.23. The van der Waals surface area contributed by atoms with Gasteiger partial charge in [-0.25, -0.2) is 24.5 Å². The molecule has 0 atom stereocenters.